The summed E-state index contributed by atoms with van der Waals surface area (Å²) in [6.45, 7) is 6.64. The number of halogens is 2. The minimum atomic E-state index is -0.635. The lowest BCUT2D eigenvalue weighted by atomic mass is 10.1. The molecule has 0 saturated carbocycles. The third-order valence-corrected chi connectivity index (χ3v) is 8.94. The van der Waals surface area contributed by atoms with Gasteiger partial charge in [0, 0.05) is 8.95 Å². The van der Waals surface area contributed by atoms with E-state index in [4.69, 9.17) is 0 Å². The van der Waals surface area contributed by atoms with Crippen LogP contribution < -0.4 is 15.9 Å². The van der Waals surface area contributed by atoms with Gasteiger partial charge >= 0.3 is 0 Å². The smallest absolute Gasteiger partial charge is 0.0258 e. The molecule has 0 spiro atoms. The molecule has 3 aromatic rings. The molecule has 0 unspecified atom stereocenters. The fraction of sp³-hybridized carbons (Fsp3) is 0.143. The summed E-state index contributed by atoms with van der Waals surface area (Å²) < 4.78 is 2.34. The topological polar surface area (TPSA) is 0 Å². The van der Waals surface area contributed by atoms with E-state index in [0.717, 1.165) is 0 Å². The fourth-order valence-electron chi connectivity index (χ4n) is 3.16. The molecule has 0 radical (unpaired) electrons. The Kier molecular flexibility index (Phi) is 5.59. The first kappa shape index (κ1) is 17.9. The largest absolute Gasteiger partial charge is 0.0615 e. The maximum Gasteiger partial charge on any atom is 0.0258 e. The van der Waals surface area contributed by atoms with Crippen molar-refractivity contribution in [2.45, 2.75) is 20.8 Å². The molecule has 3 heteroatoms. The molecule has 0 nitrogen and oxygen atoms in total. The molecule has 0 amide bonds. The Bertz CT molecular complexity index is 818. The van der Waals surface area contributed by atoms with Crippen molar-refractivity contribution in [2.75, 3.05) is 0 Å². The molecule has 0 aliphatic heterocycles. The van der Waals surface area contributed by atoms with Crippen LogP contribution in [0.2, 0.25) is 0 Å². The monoisotopic (exact) mass is 460 g/mol. The first-order valence-electron chi connectivity index (χ1n) is 7.86. The van der Waals surface area contributed by atoms with Crippen LogP contribution in [0.1, 0.15) is 16.7 Å². The molecule has 122 valence electrons. The third kappa shape index (κ3) is 3.52. The summed E-state index contributed by atoms with van der Waals surface area (Å²) in [5, 5.41) is 4.17. The van der Waals surface area contributed by atoms with Crippen molar-refractivity contribution in [3.63, 3.8) is 0 Å². The highest BCUT2D eigenvalue weighted by molar-refractivity contribution is 9.11. The molecule has 0 N–H and O–H groups in total. The Morgan fingerprint density at radius 2 is 1.08 bits per heavy atom. The molecule has 3 rings (SSSR count). The van der Waals surface area contributed by atoms with Crippen LogP contribution in [0.15, 0.2) is 69.6 Å². The van der Waals surface area contributed by atoms with Gasteiger partial charge in [-0.1, -0.05) is 86.0 Å². The van der Waals surface area contributed by atoms with Gasteiger partial charge in [0.15, 0.2) is 0 Å². The van der Waals surface area contributed by atoms with Crippen LogP contribution in [-0.2, 0) is 0 Å². The van der Waals surface area contributed by atoms with Crippen molar-refractivity contribution in [1.82, 2.24) is 0 Å². The van der Waals surface area contributed by atoms with Crippen LogP contribution in [0.4, 0.5) is 0 Å². The Hall–Kier alpha value is -0.950. The summed E-state index contributed by atoms with van der Waals surface area (Å²) >= 11 is 7.56. The van der Waals surface area contributed by atoms with Gasteiger partial charge in [0.25, 0.3) is 0 Å². The van der Waals surface area contributed by atoms with Gasteiger partial charge in [-0.15, -0.1) is 0 Å². The van der Waals surface area contributed by atoms with Gasteiger partial charge in [-0.25, -0.2) is 0 Å². The predicted octanol–water partition coefficient (Wildman–Crippen LogP) is 5.90. The normalized spacial score (nSPS) is 11.1. The van der Waals surface area contributed by atoms with E-state index >= 15 is 0 Å². The highest BCUT2D eigenvalue weighted by atomic mass is 79.9. The average molecular weight is 462 g/mol. The Morgan fingerprint density at radius 1 is 0.667 bits per heavy atom. The van der Waals surface area contributed by atoms with E-state index < -0.39 is 7.92 Å². The zero-order chi connectivity index (χ0) is 17.3. The van der Waals surface area contributed by atoms with E-state index in [-0.39, 0.29) is 0 Å². The average Bonchev–Trinajstić information content (AvgIpc) is 2.52. The van der Waals surface area contributed by atoms with Gasteiger partial charge in [0.2, 0.25) is 0 Å². The molecule has 0 aliphatic carbocycles. The molecular weight excluding hydrogens is 443 g/mol. The summed E-state index contributed by atoms with van der Waals surface area (Å²) in [5.41, 5.74) is 4.05. The van der Waals surface area contributed by atoms with Crippen molar-refractivity contribution >= 4 is 55.7 Å². The second-order valence-electron chi connectivity index (χ2n) is 5.99. The Balaban J connectivity index is 2.33. The molecule has 0 heterocycles. The van der Waals surface area contributed by atoms with Crippen molar-refractivity contribution in [3.8, 4) is 0 Å². The van der Waals surface area contributed by atoms with Crippen molar-refractivity contribution in [1.29, 1.82) is 0 Å². The molecule has 0 aliphatic rings. The van der Waals surface area contributed by atoms with Crippen molar-refractivity contribution < 1.29 is 0 Å². The number of hydrogen-bond donors (Lipinski definition) is 0. The molecule has 3 aromatic carbocycles. The minimum absolute atomic E-state index is 0.635. The van der Waals surface area contributed by atoms with Crippen LogP contribution in [0, 0.1) is 20.8 Å². The molecular formula is C21H19Br2P. The summed E-state index contributed by atoms with van der Waals surface area (Å²) in [7, 11) is -0.635. The van der Waals surface area contributed by atoms with E-state index in [2.05, 4.69) is 113 Å². The standard InChI is InChI=1S/C21H19Br2P/c1-14-12-15(2)21(16(3)13-14)24(19-10-6-4-8-17(19)22)20-11-7-5-9-18(20)23/h4-13H,1-3H3. The van der Waals surface area contributed by atoms with Crippen LogP contribution in [0.3, 0.4) is 0 Å². The maximum absolute atomic E-state index is 3.78. The van der Waals surface area contributed by atoms with Crippen LogP contribution in [0.25, 0.3) is 0 Å². The zero-order valence-electron chi connectivity index (χ0n) is 14.0. The van der Waals surface area contributed by atoms with E-state index in [0.29, 0.717) is 0 Å². The quantitative estimate of drug-likeness (QED) is 0.426. The second kappa shape index (κ2) is 7.52. The number of hydrogen-bond acceptors (Lipinski definition) is 0. The minimum Gasteiger partial charge on any atom is -0.0615 e. The summed E-state index contributed by atoms with van der Waals surface area (Å²) in [5.74, 6) is 0. The van der Waals surface area contributed by atoms with E-state index in [1.165, 1.54) is 41.5 Å². The van der Waals surface area contributed by atoms with Gasteiger partial charge in [0.1, 0.15) is 0 Å². The van der Waals surface area contributed by atoms with Crippen molar-refractivity contribution in [3.05, 3.63) is 86.3 Å². The summed E-state index contributed by atoms with van der Waals surface area (Å²) in [6, 6.07) is 21.8. The van der Waals surface area contributed by atoms with Crippen LogP contribution in [-0.4, -0.2) is 0 Å². The predicted molar refractivity (Wildman–Crippen MR) is 115 cm³/mol. The molecule has 24 heavy (non-hydrogen) atoms. The first-order valence-corrected chi connectivity index (χ1v) is 10.8. The first-order chi connectivity index (χ1) is 11.5. The lowest BCUT2D eigenvalue weighted by molar-refractivity contribution is 1.35. The maximum atomic E-state index is 3.78. The van der Waals surface area contributed by atoms with Gasteiger partial charge in [-0.05, 0) is 67.9 Å². The Morgan fingerprint density at radius 3 is 1.50 bits per heavy atom. The summed E-state index contributed by atoms with van der Waals surface area (Å²) in [6.07, 6.45) is 0. The van der Waals surface area contributed by atoms with Gasteiger partial charge in [0.05, 0.1) is 0 Å². The van der Waals surface area contributed by atoms with E-state index in [9.17, 15) is 0 Å². The van der Waals surface area contributed by atoms with Gasteiger partial charge < -0.3 is 0 Å². The lowest BCUT2D eigenvalue weighted by Crippen LogP contribution is -2.26. The van der Waals surface area contributed by atoms with Crippen LogP contribution >= 0.6 is 39.8 Å². The number of rotatable bonds is 3. The molecule has 0 bridgehead atoms. The number of aryl methyl sites for hydroxylation is 3. The highest BCUT2D eigenvalue weighted by Crippen LogP contribution is 2.40. The second-order valence-corrected chi connectivity index (χ2v) is 9.78. The number of benzene rings is 3. The van der Waals surface area contributed by atoms with E-state index in [1.807, 2.05) is 0 Å². The fourth-order valence-corrected chi connectivity index (χ4v) is 7.42. The molecule has 0 fully saturated rings. The zero-order valence-corrected chi connectivity index (χ0v) is 18.0. The molecule has 0 atom stereocenters. The molecule has 0 saturated heterocycles. The van der Waals surface area contributed by atoms with E-state index in [1.54, 1.807) is 0 Å². The molecule has 0 aromatic heterocycles. The SMILES string of the molecule is Cc1cc(C)c(P(c2ccccc2Br)c2ccccc2Br)c(C)c1. The highest BCUT2D eigenvalue weighted by Gasteiger charge is 2.24. The van der Waals surface area contributed by atoms with Crippen molar-refractivity contribution in [2.24, 2.45) is 0 Å². The Labute approximate surface area is 162 Å². The van der Waals surface area contributed by atoms with Crippen LogP contribution in [0.5, 0.6) is 0 Å². The third-order valence-electron chi connectivity index (χ3n) is 4.05. The van der Waals surface area contributed by atoms with Gasteiger partial charge in [-0.3, -0.25) is 0 Å². The lowest BCUT2D eigenvalue weighted by Gasteiger charge is -2.25. The van der Waals surface area contributed by atoms with Gasteiger partial charge in [-0.2, -0.15) is 0 Å². The summed E-state index contributed by atoms with van der Waals surface area (Å²) in [4.78, 5) is 0.